The maximum Gasteiger partial charge on any atom is 0.374 e. The van der Waals surface area contributed by atoms with Gasteiger partial charge in [-0.3, -0.25) is 9.59 Å². The minimum atomic E-state index is -1.08. The van der Waals surface area contributed by atoms with Crippen molar-refractivity contribution in [3.63, 3.8) is 0 Å². The third-order valence-corrected chi connectivity index (χ3v) is 4.66. The van der Waals surface area contributed by atoms with E-state index in [0.29, 0.717) is 18.1 Å². The molecule has 0 aromatic carbocycles. The van der Waals surface area contributed by atoms with E-state index in [2.05, 4.69) is 25.1 Å². The van der Waals surface area contributed by atoms with Crippen LogP contribution in [-0.4, -0.2) is 58.2 Å². The number of pyridine rings is 1. The molecule has 2 bridgehead atoms. The fraction of sp³-hybridized carbons (Fsp3) is 0.353. The van der Waals surface area contributed by atoms with E-state index >= 15 is 0 Å². The van der Waals surface area contributed by atoms with Gasteiger partial charge in [0, 0.05) is 39.4 Å². The Morgan fingerprint density at radius 2 is 2.19 bits per heavy atom. The molecule has 10 nitrogen and oxygen atoms in total. The van der Waals surface area contributed by atoms with E-state index in [9.17, 15) is 14.4 Å². The van der Waals surface area contributed by atoms with Crippen molar-refractivity contribution in [1.29, 1.82) is 0 Å². The second-order valence-corrected chi connectivity index (χ2v) is 6.31. The van der Waals surface area contributed by atoms with Crippen molar-refractivity contribution < 1.29 is 14.7 Å². The van der Waals surface area contributed by atoms with Gasteiger partial charge >= 0.3 is 5.97 Å². The van der Waals surface area contributed by atoms with Gasteiger partial charge in [0.05, 0.1) is 11.9 Å². The summed E-state index contributed by atoms with van der Waals surface area (Å²) in [6.45, 7) is 1.98. The quantitative estimate of drug-likeness (QED) is 0.731. The number of hydrogen-bond acceptors (Lipinski definition) is 7. The zero-order chi connectivity index (χ0) is 19.6. The molecule has 1 saturated heterocycles. The van der Waals surface area contributed by atoms with Gasteiger partial charge in [-0.05, 0) is 18.6 Å². The molecule has 2 aliphatic heterocycles. The number of aromatic nitrogens is 3. The highest BCUT2D eigenvalue weighted by atomic mass is 16.4. The van der Waals surface area contributed by atoms with E-state index in [1.807, 2.05) is 7.05 Å². The number of amides is 1. The Bertz CT molecular complexity index is 928. The lowest BCUT2D eigenvalue weighted by atomic mass is 10.2. The van der Waals surface area contributed by atoms with Gasteiger partial charge in [0.25, 0.3) is 5.56 Å². The van der Waals surface area contributed by atoms with Crippen LogP contribution in [0.1, 0.15) is 17.0 Å². The number of carbonyl (C=O) groups excluding carboxylic acids is 1. The number of nitrogens with one attached hydrogen (secondary N) is 1. The Balaban J connectivity index is 0.000000168. The summed E-state index contributed by atoms with van der Waals surface area (Å²) in [5, 5.41) is 11.2. The highest BCUT2D eigenvalue weighted by molar-refractivity contribution is 5.85. The van der Waals surface area contributed by atoms with Crippen molar-refractivity contribution in [3.05, 3.63) is 40.7 Å². The lowest BCUT2D eigenvalue weighted by Gasteiger charge is -2.34. The minimum Gasteiger partial charge on any atom is -0.475 e. The molecule has 1 amide bonds. The Hall–Kier alpha value is -3.43. The number of aryl methyl sites for hydroxylation is 1. The lowest BCUT2D eigenvalue weighted by molar-refractivity contribution is -0.105. The summed E-state index contributed by atoms with van der Waals surface area (Å²) in [7, 11) is 3.59. The fourth-order valence-electron chi connectivity index (χ4n) is 3.17. The molecule has 0 aliphatic carbocycles. The first kappa shape index (κ1) is 18.4. The Kier molecular flexibility index (Phi) is 5.06. The van der Waals surface area contributed by atoms with Gasteiger partial charge in [-0.15, -0.1) is 0 Å². The molecule has 0 radical (unpaired) electrons. The molecule has 0 saturated carbocycles. The summed E-state index contributed by atoms with van der Waals surface area (Å²) >= 11 is 0. The molecular weight excluding hydrogens is 352 g/mol. The molecule has 4 rings (SSSR count). The number of nitrogens with zero attached hydrogens (tertiary/aromatic N) is 5. The molecule has 1 unspecified atom stereocenters. The molecule has 2 aromatic rings. The summed E-state index contributed by atoms with van der Waals surface area (Å²) in [4.78, 5) is 44.1. The highest BCUT2D eigenvalue weighted by Gasteiger charge is 2.35. The number of aromatic carboxylic acids is 1. The van der Waals surface area contributed by atoms with Crippen molar-refractivity contribution in [3.8, 4) is 0 Å². The van der Waals surface area contributed by atoms with Gasteiger partial charge in [0.1, 0.15) is 5.69 Å². The van der Waals surface area contributed by atoms with Crippen LogP contribution in [0, 0.1) is 0 Å². The van der Waals surface area contributed by atoms with Crippen LogP contribution < -0.4 is 20.7 Å². The van der Waals surface area contributed by atoms with E-state index in [-0.39, 0.29) is 11.4 Å². The van der Waals surface area contributed by atoms with Crippen LogP contribution in [0.2, 0.25) is 0 Å². The van der Waals surface area contributed by atoms with E-state index in [0.717, 1.165) is 31.0 Å². The van der Waals surface area contributed by atoms with Gasteiger partial charge in [-0.1, -0.05) is 0 Å². The summed E-state index contributed by atoms with van der Waals surface area (Å²) in [5.74, 6) is -0.474. The van der Waals surface area contributed by atoms with Crippen molar-refractivity contribution in [1.82, 2.24) is 14.5 Å². The Labute approximate surface area is 155 Å². The minimum absolute atomic E-state index is 0.131. The first-order valence-electron chi connectivity index (χ1n) is 8.36. The first-order chi connectivity index (χ1) is 12.9. The number of likely N-dealkylation sites (N-methyl/N-ethyl adjacent to an activating group) is 1. The predicted octanol–water partition coefficient (Wildman–Crippen LogP) is 0.157. The Morgan fingerprint density at radius 1 is 1.41 bits per heavy atom. The summed E-state index contributed by atoms with van der Waals surface area (Å²) in [6.07, 6.45) is 4.81. The number of fused-ring (bicyclic) bond motifs is 4. The van der Waals surface area contributed by atoms with Crippen LogP contribution in [0.4, 0.5) is 17.2 Å². The average molecular weight is 372 g/mol. The molecule has 0 spiro atoms. The first-order valence-corrected chi connectivity index (χ1v) is 8.36. The molecule has 27 heavy (non-hydrogen) atoms. The van der Waals surface area contributed by atoms with Crippen LogP contribution in [0.5, 0.6) is 0 Å². The molecular formula is C17H20N6O4. The smallest absolute Gasteiger partial charge is 0.374 e. The number of anilines is 3. The van der Waals surface area contributed by atoms with Crippen LogP contribution in [0.3, 0.4) is 0 Å². The van der Waals surface area contributed by atoms with Gasteiger partial charge in [-0.25, -0.2) is 14.8 Å². The van der Waals surface area contributed by atoms with Crippen molar-refractivity contribution >= 4 is 29.6 Å². The summed E-state index contributed by atoms with van der Waals surface area (Å²) < 4.78 is 1.39. The monoisotopic (exact) mass is 372 g/mol. The second kappa shape index (κ2) is 7.44. The number of hydrogen-bond donors (Lipinski definition) is 2. The molecule has 2 aliphatic rings. The predicted molar refractivity (Wildman–Crippen MR) is 99.4 cm³/mol. The number of carboxylic acids is 1. The maximum atomic E-state index is 11.1. The molecule has 4 heterocycles. The fourth-order valence-corrected chi connectivity index (χ4v) is 3.17. The van der Waals surface area contributed by atoms with E-state index < -0.39 is 5.97 Å². The molecule has 2 aromatic heterocycles. The second-order valence-electron chi connectivity index (χ2n) is 6.31. The maximum absolute atomic E-state index is 11.1. The van der Waals surface area contributed by atoms with Gasteiger partial charge in [-0.2, -0.15) is 0 Å². The van der Waals surface area contributed by atoms with E-state index in [4.69, 9.17) is 5.11 Å². The third kappa shape index (κ3) is 3.59. The lowest BCUT2D eigenvalue weighted by Crippen LogP contribution is -2.40. The van der Waals surface area contributed by atoms with Crippen molar-refractivity contribution in [2.45, 2.75) is 12.5 Å². The molecule has 10 heteroatoms. The van der Waals surface area contributed by atoms with E-state index in [1.54, 1.807) is 31.6 Å². The van der Waals surface area contributed by atoms with Gasteiger partial charge in [0.15, 0.2) is 5.82 Å². The molecule has 2 N–H and O–H groups in total. The Morgan fingerprint density at radius 3 is 2.89 bits per heavy atom. The van der Waals surface area contributed by atoms with Gasteiger partial charge in [0.2, 0.25) is 12.2 Å². The van der Waals surface area contributed by atoms with Gasteiger partial charge < -0.3 is 24.8 Å². The SMILES string of the molecule is CN1c2nc(C(=O)O)ncc2N2CCC1C2.Cn1cccc(NC=O)c1=O. The van der Waals surface area contributed by atoms with Crippen molar-refractivity contribution in [2.75, 3.05) is 35.3 Å². The topological polar surface area (TPSA) is 121 Å². The zero-order valence-electron chi connectivity index (χ0n) is 15.0. The van der Waals surface area contributed by atoms with Crippen molar-refractivity contribution in [2.24, 2.45) is 7.05 Å². The van der Waals surface area contributed by atoms with Crippen LogP contribution in [0.15, 0.2) is 29.3 Å². The normalized spacial score (nSPS) is 16.9. The number of carbonyl (C=O) groups is 2. The van der Waals surface area contributed by atoms with E-state index in [1.165, 1.54) is 4.57 Å². The molecule has 1 fully saturated rings. The van der Waals surface area contributed by atoms with Crippen LogP contribution >= 0.6 is 0 Å². The largest absolute Gasteiger partial charge is 0.475 e. The number of rotatable bonds is 3. The summed E-state index contributed by atoms with van der Waals surface area (Å²) in [5.41, 5.74) is 1.03. The standard InChI is InChI=1S/C10H12N4O2.C7H8N2O2/c1-13-6-2-3-14(5-6)7-4-11-8(10(15)16)12-9(7)13;1-9-4-2-3-6(7(9)11)8-5-10/h4,6H,2-3,5H2,1H3,(H,15,16);2-5H,1H3,(H,8,10). The number of carboxylic acid groups (broad SMARTS) is 1. The molecule has 1 atom stereocenters. The molecule has 142 valence electrons. The van der Waals surface area contributed by atoms with Crippen LogP contribution in [-0.2, 0) is 11.8 Å². The third-order valence-electron chi connectivity index (χ3n) is 4.66. The zero-order valence-corrected chi connectivity index (χ0v) is 15.0. The van der Waals surface area contributed by atoms with Crippen LogP contribution in [0.25, 0.3) is 0 Å². The average Bonchev–Trinajstić information content (AvgIpc) is 3.10. The summed E-state index contributed by atoms with van der Waals surface area (Å²) in [6, 6.07) is 3.69. The highest BCUT2D eigenvalue weighted by Crippen LogP contribution is 2.36.